The van der Waals surface area contributed by atoms with Gasteiger partial charge in [0.05, 0.1) is 0 Å². The summed E-state index contributed by atoms with van der Waals surface area (Å²) in [6.45, 7) is 1.48. The highest BCUT2D eigenvalue weighted by molar-refractivity contribution is 5.87. The first-order valence-electron chi connectivity index (χ1n) is 3.23. The van der Waals surface area contributed by atoms with Crippen molar-refractivity contribution in [3.05, 3.63) is 36.5 Å². The summed E-state index contributed by atoms with van der Waals surface area (Å²) >= 11 is 0. The molecule has 0 saturated carbocycles. The zero-order valence-electron chi connectivity index (χ0n) is 6.36. The van der Waals surface area contributed by atoms with E-state index in [1.165, 1.54) is 19.1 Å². The molecule has 0 aromatic heterocycles. The zero-order valence-corrected chi connectivity index (χ0v) is 6.36. The van der Waals surface area contributed by atoms with E-state index >= 15 is 0 Å². The van der Waals surface area contributed by atoms with Crippen molar-refractivity contribution >= 4 is 12.1 Å². The molecular formula is C9H10O2. The molecular weight excluding hydrogens is 140 g/mol. The predicted octanol–water partition coefficient (Wildman–Crippen LogP) is 1.44. The average molecular weight is 150 g/mol. The number of rotatable bonds is 4. The van der Waals surface area contributed by atoms with E-state index in [-0.39, 0.29) is 5.78 Å². The number of allylic oxidation sites excluding steroid dienone is 6. The van der Waals surface area contributed by atoms with Crippen LogP contribution in [0.1, 0.15) is 6.92 Å². The van der Waals surface area contributed by atoms with Crippen molar-refractivity contribution in [1.82, 2.24) is 0 Å². The minimum absolute atomic E-state index is 0.00835. The Morgan fingerprint density at radius 1 is 1.00 bits per heavy atom. The van der Waals surface area contributed by atoms with E-state index in [1.807, 2.05) is 0 Å². The topological polar surface area (TPSA) is 34.1 Å². The maximum atomic E-state index is 10.3. The molecule has 0 bridgehead atoms. The second kappa shape index (κ2) is 6.68. The molecule has 0 heterocycles. The molecule has 0 aromatic rings. The lowest BCUT2D eigenvalue weighted by molar-refractivity contribution is -0.112. The van der Waals surface area contributed by atoms with Gasteiger partial charge in [0, 0.05) is 0 Å². The molecule has 0 aliphatic heterocycles. The smallest absolute Gasteiger partial charge is 0.152 e. The van der Waals surface area contributed by atoms with E-state index in [0.29, 0.717) is 6.29 Å². The fourth-order valence-corrected chi connectivity index (χ4v) is 0.429. The standard InChI is InChI=1S/C9H10O2/c1-9(11)7-5-3-2-4-6-8-10/h2-8H,1H3. The van der Waals surface area contributed by atoms with Gasteiger partial charge < -0.3 is 0 Å². The second-order valence-electron chi connectivity index (χ2n) is 1.88. The van der Waals surface area contributed by atoms with Crippen LogP contribution in [0.2, 0.25) is 0 Å². The molecule has 0 amide bonds. The van der Waals surface area contributed by atoms with Gasteiger partial charge >= 0.3 is 0 Å². The molecule has 0 aliphatic carbocycles. The number of hydrogen-bond donors (Lipinski definition) is 0. The fraction of sp³-hybridized carbons (Fsp3) is 0.111. The van der Waals surface area contributed by atoms with E-state index in [1.54, 1.807) is 24.3 Å². The molecule has 2 heteroatoms. The summed E-state index contributed by atoms with van der Waals surface area (Å²) in [7, 11) is 0. The molecule has 0 aliphatic rings. The molecule has 0 radical (unpaired) electrons. The van der Waals surface area contributed by atoms with Crippen LogP contribution in [0.15, 0.2) is 36.5 Å². The van der Waals surface area contributed by atoms with Crippen molar-refractivity contribution < 1.29 is 9.59 Å². The summed E-state index contributed by atoms with van der Waals surface area (Å²) in [5.41, 5.74) is 0. The van der Waals surface area contributed by atoms with Crippen LogP contribution in [0.4, 0.5) is 0 Å². The van der Waals surface area contributed by atoms with Crippen LogP contribution in [0.25, 0.3) is 0 Å². The summed E-state index contributed by atoms with van der Waals surface area (Å²) in [5.74, 6) is 0.00835. The van der Waals surface area contributed by atoms with Crippen LogP contribution in [-0.4, -0.2) is 12.1 Å². The minimum Gasteiger partial charge on any atom is -0.299 e. The van der Waals surface area contributed by atoms with Gasteiger partial charge in [0.25, 0.3) is 0 Å². The molecule has 0 unspecified atom stereocenters. The van der Waals surface area contributed by atoms with Gasteiger partial charge in [0.15, 0.2) is 5.78 Å². The summed E-state index contributed by atoms with van der Waals surface area (Å²) in [6.07, 6.45) is 10.1. The van der Waals surface area contributed by atoms with Crippen molar-refractivity contribution in [3.63, 3.8) is 0 Å². The summed E-state index contributed by atoms with van der Waals surface area (Å²) in [4.78, 5) is 20.1. The number of ketones is 1. The van der Waals surface area contributed by atoms with Crippen molar-refractivity contribution in [2.24, 2.45) is 0 Å². The van der Waals surface area contributed by atoms with Gasteiger partial charge in [-0.05, 0) is 19.1 Å². The quantitative estimate of drug-likeness (QED) is 0.345. The molecule has 0 N–H and O–H groups in total. The first-order chi connectivity index (χ1) is 5.27. The molecule has 11 heavy (non-hydrogen) atoms. The van der Waals surface area contributed by atoms with Crippen LogP contribution in [0.3, 0.4) is 0 Å². The maximum absolute atomic E-state index is 10.3. The lowest BCUT2D eigenvalue weighted by Crippen LogP contribution is -1.77. The van der Waals surface area contributed by atoms with E-state index in [4.69, 9.17) is 0 Å². The van der Waals surface area contributed by atoms with Gasteiger partial charge in [0.2, 0.25) is 0 Å². The van der Waals surface area contributed by atoms with E-state index in [2.05, 4.69) is 0 Å². The van der Waals surface area contributed by atoms with Crippen LogP contribution in [0.5, 0.6) is 0 Å². The fourth-order valence-electron chi connectivity index (χ4n) is 0.429. The second-order valence-corrected chi connectivity index (χ2v) is 1.88. The Kier molecular flexibility index (Phi) is 5.80. The van der Waals surface area contributed by atoms with Gasteiger partial charge in [-0.2, -0.15) is 0 Å². The molecule has 0 rings (SSSR count). The molecule has 2 nitrogen and oxygen atoms in total. The molecule has 0 atom stereocenters. The molecule has 0 saturated heterocycles. The van der Waals surface area contributed by atoms with Crippen molar-refractivity contribution in [3.8, 4) is 0 Å². The average Bonchev–Trinajstić information content (AvgIpc) is 1.96. The van der Waals surface area contributed by atoms with Crippen LogP contribution in [0, 0.1) is 0 Å². The molecule has 58 valence electrons. The predicted molar refractivity (Wildman–Crippen MR) is 44.2 cm³/mol. The third-order valence-corrected chi connectivity index (χ3v) is 0.854. The number of carbonyl (C=O) groups is 2. The zero-order chi connectivity index (χ0) is 8.53. The largest absolute Gasteiger partial charge is 0.299 e. The van der Waals surface area contributed by atoms with E-state index in [9.17, 15) is 9.59 Å². The lowest BCUT2D eigenvalue weighted by atomic mass is 10.3. The number of aldehydes is 1. The number of carbonyl (C=O) groups excluding carboxylic acids is 2. The molecule has 0 aromatic carbocycles. The van der Waals surface area contributed by atoms with Gasteiger partial charge in [0.1, 0.15) is 6.29 Å². The Morgan fingerprint density at radius 3 is 2.09 bits per heavy atom. The van der Waals surface area contributed by atoms with Gasteiger partial charge in [-0.1, -0.05) is 24.3 Å². The van der Waals surface area contributed by atoms with Crippen molar-refractivity contribution in [1.29, 1.82) is 0 Å². The summed E-state index contributed by atoms with van der Waals surface area (Å²) in [5, 5.41) is 0. The summed E-state index contributed by atoms with van der Waals surface area (Å²) in [6, 6.07) is 0. The van der Waals surface area contributed by atoms with E-state index in [0.717, 1.165) is 0 Å². The summed E-state index contributed by atoms with van der Waals surface area (Å²) < 4.78 is 0. The van der Waals surface area contributed by atoms with Crippen molar-refractivity contribution in [2.45, 2.75) is 6.92 Å². The minimum atomic E-state index is 0.00835. The van der Waals surface area contributed by atoms with Crippen molar-refractivity contribution in [2.75, 3.05) is 0 Å². The Morgan fingerprint density at radius 2 is 1.55 bits per heavy atom. The van der Waals surface area contributed by atoms with Gasteiger partial charge in [-0.25, -0.2) is 0 Å². The Bertz CT molecular complexity index is 210. The normalized spacial score (nSPS) is 11.7. The lowest BCUT2D eigenvalue weighted by Gasteiger charge is -1.73. The highest BCUT2D eigenvalue weighted by atomic mass is 16.1. The maximum Gasteiger partial charge on any atom is 0.152 e. The first-order valence-corrected chi connectivity index (χ1v) is 3.23. The Balaban J connectivity index is 3.68. The number of hydrogen-bond acceptors (Lipinski definition) is 2. The Labute approximate surface area is 65.9 Å². The van der Waals surface area contributed by atoms with E-state index < -0.39 is 0 Å². The van der Waals surface area contributed by atoms with Crippen LogP contribution in [-0.2, 0) is 9.59 Å². The SMILES string of the molecule is CC(=O)C=CC=CC=CC=O. The molecule has 0 fully saturated rings. The Hall–Kier alpha value is -1.44. The third kappa shape index (κ3) is 8.56. The van der Waals surface area contributed by atoms with Crippen LogP contribution >= 0.6 is 0 Å². The highest BCUT2D eigenvalue weighted by Gasteiger charge is 1.75. The van der Waals surface area contributed by atoms with Gasteiger partial charge in [-0.15, -0.1) is 0 Å². The van der Waals surface area contributed by atoms with Gasteiger partial charge in [-0.3, -0.25) is 9.59 Å². The third-order valence-electron chi connectivity index (χ3n) is 0.854. The van der Waals surface area contributed by atoms with Crippen LogP contribution < -0.4 is 0 Å². The first kappa shape index (κ1) is 9.56. The monoisotopic (exact) mass is 150 g/mol. The highest BCUT2D eigenvalue weighted by Crippen LogP contribution is 1.79. The molecule has 0 spiro atoms.